The largest absolute Gasteiger partial charge is 0.735 e. The van der Waals surface area contributed by atoms with Crippen LogP contribution in [0.2, 0.25) is 0 Å². The molecule has 0 saturated heterocycles. The van der Waals surface area contributed by atoms with Gasteiger partial charge in [0.1, 0.15) is 6.20 Å². The van der Waals surface area contributed by atoms with Crippen LogP contribution in [0.5, 0.6) is 0 Å². The summed E-state index contributed by atoms with van der Waals surface area (Å²) in [5.41, 5.74) is 0.330. The van der Waals surface area contributed by atoms with E-state index >= 15 is 0 Å². The summed E-state index contributed by atoms with van der Waals surface area (Å²) < 4.78 is 34.1. The van der Waals surface area contributed by atoms with Gasteiger partial charge in [-0.3, -0.25) is 4.79 Å². The summed E-state index contributed by atoms with van der Waals surface area (Å²) in [6.07, 6.45) is 7.81. The van der Waals surface area contributed by atoms with E-state index in [1.54, 1.807) is 4.72 Å². The quantitative estimate of drug-likeness (QED) is 0.349. The summed E-state index contributed by atoms with van der Waals surface area (Å²) in [6, 6.07) is 1.50. The lowest BCUT2D eigenvalue weighted by molar-refractivity contribution is -0.752. The van der Waals surface area contributed by atoms with Crippen molar-refractivity contribution in [3.05, 3.63) is 24.0 Å². The van der Waals surface area contributed by atoms with Crippen molar-refractivity contribution in [2.45, 2.75) is 6.54 Å². The van der Waals surface area contributed by atoms with Crippen LogP contribution in [-0.4, -0.2) is 37.1 Å². The second-order valence-corrected chi connectivity index (χ2v) is 4.61. The van der Waals surface area contributed by atoms with Gasteiger partial charge in [-0.25, -0.2) is 13.1 Å². The first-order valence-corrected chi connectivity index (χ1v) is 6.61. The van der Waals surface area contributed by atoms with Crippen LogP contribution in [0.1, 0.15) is 10.4 Å². The van der Waals surface area contributed by atoms with Gasteiger partial charge in [-0.05, 0) is 5.10 Å². The average molecular weight is 284 g/mol. The second-order valence-electron chi connectivity index (χ2n) is 3.41. The number of nitrogens with one attached hydrogen (secondary N) is 2. The fourth-order valence-corrected chi connectivity index (χ4v) is 1.51. The van der Waals surface area contributed by atoms with Crippen molar-refractivity contribution < 1.29 is 22.4 Å². The van der Waals surface area contributed by atoms with Crippen LogP contribution in [0.4, 0.5) is 0 Å². The Bertz CT molecular complexity index is 577. The molecule has 2 N–H and O–H groups in total. The minimum absolute atomic E-state index is 0.0772. The van der Waals surface area contributed by atoms with Crippen molar-refractivity contribution in [2.75, 3.05) is 13.1 Å². The van der Waals surface area contributed by atoms with Crippen molar-refractivity contribution in [3.8, 4) is 12.3 Å². The van der Waals surface area contributed by atoms with Gasteiger partial charge in [0.25, 0.3) is 5.91 Å². The number of aromatic nitrogens is 2. The molecule has 0 unspecified atom stereocenters. The first kappa shape index (κ1) is 15.0. The maximum atomic E-state index is 11.5. The Hall–Kier alpha value is -2.02. The van der Waals surface area contributed by atoms with E-state index in [1.165, 1.54) is 23.1 Å². The second kappa shape index (κ2) is 6.79. The van der Waals surface area contributed by atoms with Gasteiger partial charge in [-0.2, -0.15) is 0 Å². The number of nitrogens with zero attached hydrogens (tertiary/aromatic N) is 2. The Kier molecular flexibility index (Phi) is 5.37. The van der Waals surface area contributed by atoms with Crippen molar-refractivity contribution in [1.29, 1.82) is 0 Å². The molecule has 1 aromatic heterocycles. The molecule has 8 nitrogen and oxygen atoms in total. The molecule has 0 atom stereocenters. The minimum atomic E-state index is -4.45. The molecule has 1 aromatic rings. The fourth-order valence-electron chi connectivity index (χ4n) is 1.17. The topological polar surface area (TPSA) is 115 Å². The van der Waals surface area contributed by atoms with Crippen molar-refractivity contribution >= 4 is 16.2 Å². The van der Waals surface area contributed by atoms with Crippen LogP contribution in [0, 0.1) is 12.3 Å². The third-order valence-corrected chi connectivity index (χ3v) is 2.56. The van der Waals surface area contributed by atoms with Gasteiger partial charge in [-0.1, -0.05) is 10.6 Å². The molecular weight excluding hydrogens is 272 g/mol. The van der Waals surface area contributed by atoms with Crippen LogP contribution >= 0.6 is 0 Å². The molecule has 0 spiro atoms. The molecule has 0 radical (unpaired) electrons. The summed E-state index contributed by atoms with van der Waals surface area (Å²) in [6.45, 7) is 0.221. The van der Waals surface area contributed by atoms with Crippen LogP contribution in [-0.2, 0) is 16.8 Å². The van der Waals surface area contributed by atoms with Gasteiger partial charge in [0.2, 0.25) is 0 Å². The summed E-state index contributed by atoms with van der Waals surface area (Å²) in [5, 5.41) is 6.37. The molecule has 1 heterocycles. The van der Waals surface area contributed by atoms with E-state index in [1.807, 2.05) is 0 Å². The zero-order valence-electron chi connectivity index (χ0n) is 9.87. The van der Waals surface area contributed by atoms with Crippen LogP contribution in [0.3, 0.4) is 0 Å². The Labute approximate surface area is 110 Å². The minimum Gasteiger partial charge on any atom is -0.735 e. The first-order chi connectivity index (χ1) is 8.92. The van der Waals surface area contributed by atoms with Crippen LogP contribution in [0.25, 0.3) is 0 Å². The molecule has 0 aromatic carbocycles. The van der Waals surface area contributed by atoms with Crippen molar-refractivity contribution in [3.63, 3.8) is 0 Å². The van der Waals surface area contributed by atoms with Gasteiger partial charge >= 0.3 is 0 Å². The zero-order valence-corrected chi connectivity index (χ0v) is 10.7. The SMILES string of the molecule is C#CCNC(=O)c1cc[n+](CCNS(=O)(=O)[O-])nc1. The molecule has 0 aliphatic rings. The molecular formula is C10H12N4O4S. The maximum absolute atomic E-state index is 11.5. The van der Waals surface area contributed by atoms with Gasteiger partial charge < -0.3 is 9.87 Å². The molecule has 0 fully saturated rings. The highest BCUT2D eigenvalue weighted by molar-refractivity contribution is 7.83. The molecule has 1 rings (SSSR count). The lowest BCUT2D eigenvalue weighted by Gasteiger charge is -2.05. The molecule has 0 saturated carbocycles. The van der Waals surface area contributed by atoms with Gasteiger partial charge in [-0.15, -0.1) is 6.42 Å². The molecule has 9 heteroatoms. The van der Waals surface area contributed by atoms with E-state index in [-0.39, 0.29) is 25.5 Å². The van der Waals surface area contributed by atoms with E-state index < -0.39 is 10.3 Å². The van der Waals surface area contributed by atoms with Gasteiger partial charge in [0.15, 0.2) is 23.0 Å². The number of carbonyl (C=O) groups is 1. The highest BCUT2D eigenvalue weighted by atomic mass is 32.2. The van der Waals surface area contributed by atoms with E-state index in [9.17, 15) is 17.8 Å². The van der Waals surface area contributed by atoms with E-state index in [0.29, 0.717) is 5.56 Å². The van der Waals surface area contributed by atoms with E-state index in [0.717, 1.165) is 0 Å². The third kappa shape index (κ3) is 5.91. The number of rotatable bonds is 6. The monoisotopic (exact) mass is 284 g/mol. The summed E-state index contributed by atoms with van der Waals surface area (Å²) in [4.78, 5) is 11.5. The lowest BCUT2D eigenvalue weighted by Crippen LogP contribution is -2.43. The maximum Gasteiger partial charge on any atom is 0.254 e. The molecule has 0 aliphatic carbocycles. The lowest BCUT2D eigenvalue weighted by atomic mass is 10.3. The summed E-state index contributed by atoms with van der Waals surface area (Å²) in [7, 11) is -4.45. The highest BCUT2D eigenvalue weighted by Crippen LogP contribution is 1.92. The third-order valence-electron chi connectivity index (χ3n) is 2.00. The Balaban J connectivity index is 2.52. The molecule has 102 valence electrons. The van der Waals surface area contributed by atoms with Gasteiger partial charge in [0, 0.05) is 6.07 Å². The molecule has 1 amide bonds. The smallest absolute Gasteiger partial charge is 0.254 e. The predicted octanol–water partition coefficient (Wildman–Crippen LogP) is -2.22. The zero-order chi connectivity index (χ0) is 14.3. The van der Waals surface area contributed by atoms with E-state index in [2.05, 4.69) is 16.3 Å². The van der Waals surface area contributed by atoms with Crippen molar-refractivity contribution in [2.24, 2.45) is 0 Å². The number of hydrogen-bond donors (Lipinski definition) is 2. The Morgan fingerprint density at radius 3 is 2.84 bits per heavy atom. The standard InChI is InChI=1S/C10H12N4O4S/c1-2-4-11-10(15)9-3-6-14(12-8-9)7-5-13-19(16,17)18/h1,3,6,8,13H,4-5,7H2,(H-,11,15,16,17,18). The van der Waals surface area contributed by atoms with Crippen LogP contribution < -0.4 is 14.7 Å². The number of amides is 1. The number of terminal acetylenes is 1. The highest BCUT2D eigenvalue weighted by Gasteiger charge is 2.08. The van der Waals surface area contributed by atoms with Gasteiger partial charge in [0.05, 0.1) is 18.7 Å². The van der Waals surface area contributed by atoms with Crippen molar-refractivity contribution in [1.82, 2.24) is 15.1 Å². The Morgan fingerprint density at radius 1 is 1.58 bits per heavy atom. The fraction of sp³-hybridized carbons (Fsp3) is 0.300. The predicted molar refractivity (Wildman–Crippen MR) is 63.3 cm³/mol. The first-order valence-electron chi connectivity index (χ1n) is 5.20. The average Bonchev–Trinajstić information content (AvgIpc) is 2.35. The molecule has 0 bridgehead atoms. The number of carbonyl (C=O) groups excluding carboxylic acids is 1. The normalized spacial score (nSPS) is 10.7. The van der Waals surface area contributed by atoms with Crippen LogP contribution in [0.15, 0.2) is 18.5 Å². The number of hydrogen-bond acceptors (Lipinski definition) is 5. The molecule has 0 aliphatic heterocycles. The molecule has 19 heavy (non-hydrogen) atoms. The Morgan fingerprint density at radius 2 is 2.32 bits per heavy atom. The summed E-state index contributed by atoms with van der Waals surface area (Å²) >= 11 is 0. The summed E-state index contributed by atoms with van der Waals surface area (Å²) in [5.74, 6) is 1.92. The van der Waals surface area contributed by atoms with E-state index in [4.69, 9.17) is 6.42 Å².